The van der Waals surface area contributed by atoms with Crippen molar-refractivity contribution in [3.63, 3.8) is 0 Å². The lowest BCUT2D eigenvalue weighted by Crippen LogP contribution is -2.77. The number of nitrogens with zero attached hydrogens (tertiary/aromatic N) is 5. The Morgan fingerprint density at radius 3 is 3.00 bits per heavy atom. The molecule has 2 aliphatic heterocycles. The molecule has 2 aliphatic rings. The average Bonchev–Trinajstić information content (AvgIpc) is 3.21. The van der Waals surface area contributed by atoms with E-state index in [1.807, 2.05) is 0 Å². The Morgan fingerprint density at radius 2 is 2.25 bits per heavy atom. The van der Waals surface area contributed by atoms with Crippen LogP contribution in [0.5, 0.6) is 0 Å². The van der Waals surface area contributed by atoms with E-state index >= 15 is 0 Å². The van der Waals surface area contributed by atoms with Crippen LogP contribution in [0, 0.1) is 11.3 Å². The van der Waals surface area contributed by atoms with Crippen LogP contribution in [0.4, 0.5) is 14.6 Å². The van der Waals surface area contributed by atoms with Gasteiger partial charge in [0.2, 0.25) is 5.91 Å². The van der Waals surface area contributed by atoms with Gasteiger partial charge in [-0.2, -0.15) is 5.26 Å². The second-order valence-electron chi connectivity index (χ2n) is 6.16. The molecule has 0 aromatic carbocycles. The summed E-state index contributed by atoms with van der Waals surface area (Å²) >= 11 is 0. The fourth-order valence-corrected chi connectivity index (χ4v) is 3.70. The maximum atomic E-state index is 14.3. The van der Waals surface area contributed by atoms with E-state index in [-0.39, 0.29) is 19.4 Å². The van der Waals surface area contributed by atoms with Crippen LogP contribution in [0.15, 0.2) is 18.6 Å². The Kier molecular flexibility index (Phi) is 3.00. The van der Waals surface area contributed by atoms with E-state index < -0.39 is 23.9 Å². The minimum absolute atomic E-state index is 0.00549. The molecular formula is C15H14F2N6O. The Morgan fingerprint density at radius 1 is 1.42 bits per heavy atom. The van der Waals surface area contributed by atoms with E-state index in [1.54, 1.807) is 23.2 Å². The van der Waals surface area contributed by atoms with Crippen molar-refractivity contribution in [2.45, 2.75) is 24.3 Å². The first kappa shape index (κ1) is 14.8. The van der Waals surface area contributed by atoms with Crippen molar-refractivity contribution in [1.29, 1.82) is 5.26 Å². The number of carbonyl (C=O) groups excluding carboxylic acids is 1. The number of hydrogen-bond acceptors (Lipinski definition) is 5. The number of halogens is 2. The van der Waals surface area contributed by atoms with Crippen molar-refractivity contribution in [3.05, 3.63) is 18.6 Å². The van der Waals surface area contributed by atoms with Gasteiger partial charge in [0.05, 0.1) is 18.0 Å². The van der Waals surface area contributed by atoms with Crippen LogP contribution < -0.4 is 4.90 Å². The number of alkyl halides is 2. The number of aromatic nitrogens is 3. The van der Waals surface area contributed by atoms with Crippen LogP contribution in [0.1, 0.15) is 12.8 Å². The molecule has 0 saturated carbocycles. The van der Waals surface area contributed by atoms with E-state index in [9.17, 15) is 13.6 Å². The molecule has 4 heterocycles. The van der Waals surface area contributed by atoms with Gasteiger partial charge in [0.1, 0.15) is 29.8 Å². The molecule has 1 spiro atoms. The zero-order valence-corrected chi connectivity index (χ0v) is 12.7. The first-order valence-corrected chi connectivity index (χ1v) is 7.57. The topological polar surface area (TPSA) is 88.9 Å². The van der Waals surface area contributed by atoms with Crippen molar-refractivity contribution in [3.8, 4) is 6.07 Å². The van der Waals surface area contributed by atoms with Gasteiger partial charge in [0.15, 0.2) is 0 Å². The SMILES string of the molecule is N#CCC(=O)N1CC(F)(F)[C@]12CCN(c1ncnc3[nH]ccc13)C2. The highest BCUT2D eigenvalue weighted by molar-refractivity contribution is 5.88. The molecule has 1 amide bonds. The first-order chi connectivity index (χ1) is 11.5. The molecule has 24 heavy (non-hydrogen) atoms. The second-order valence-corrected chi connectivity index (χ2v) is 6.16. The lowest BCUT2D eigenvalue weighted by molar-refractivity contribution is -0.233. The highest BCUT2D eigenvalue weighted by Crippen LogP contribution is 2.51. The number of anilines is 1. The average molecular weight is 332 g/mol. The molecule has 0 aliphatic carbocycles. The van der Waals surface area contributed by atoms with E-state index in [4.69, 9.17) is 5.26 Å². The predicted molar refractivity (Wildman–Crippen MR) is 80.3 cm³/mol. The number of aromatic amines is 1. The third-order valence-electron chi connectivity index (χ3n) is 4.97. The van der Waals surface area contributed by atoms with Crippen LogP contribution in [0.2, 0.25) is 0 Å². The quantitative estimate of drug-likeness (QED) is 0.895. The van der Waals surface area contributed by atoms with Gasteiger partial charge in [-0.05, 0) is 12.5 Å². The molecule has 4 rings (SSSR count). The predicted octanol–water partition coefficient (Wildman–Crippen LogP) is 1.30. The molecule has 0 bridgehead atoms. The van der Waals surface area contributed by atoms with E-state index in [1.165, 1.54) is 6.33 Å². The highest BCUT2D eigenvalue weighted by atomic mass is 19.3. The smallest absolute Gasteiger partial charge is 0.289 e. The first-order valence-electron chi connectivity index (χ1n) is 7.57. The molecular weight excluding hydrogens is 318 g/mol. The van der Waals surface area contributed by atoms with Crippen LogP contribution in [0.25, 0.3) is 11.0 Å². The summed E-state index contributed by atoms with van der Waals surface area (Å²) in [5.41, 5.74) is -0.909. The molecule has 2 aromatic heterocycles. The van der Waals surface area contributed by atoms with Gasteiger partial charge < -0.3 is 14.8 Å². The molecule has 0 radical (unpaired) electrons. The third kappa shape index (κ3) is 1.82. The third-order valence-corrected chi connectivity index (χ3v) is 4.97. The molecule has 9 heteroatoms. The number of H-pyrrole nitrogens is 1. The summed E-state index contributed by atoms with van der Waals surface area (Å²) in [5.74, 6) is -2.93. The summed E-state index contributed by atoms with van der Waals surface area (Å²) in [6.07, 6.45) is 2.87. The number of fused-ring (bicyclic) bond motifs is 1. The zero-order valence-electron chi connectivity index (χ0n) is 12.7. The monoisotopic (exact) mass is 332 g/mol. The number of rotatable bonds is 2. The molecule has 2 fully saturated rings. The van der Waals surface area contributed by atoms with Gasteiger partial charge in [-0.3, -0.25) is 4.79 Å². The van der Waals surface area contributed by atoms with Gasteiger partial charge in [-0.1, -0.05) is 0 Å². The van der Waals surface area contributed by atoms with Crippen molar-refractivity contribution in [2.24, 2.45) is 0 Å². The Hall–Kier alpha value is -2.76. The standard InChI is InChI=1S/C15H14F2N6O/c16-15(17)8-23(11(24)1-4-18)14(15)3-6-22(7-14)13-10-2-5-19-12(10)20-9-21-13/h2,5,9H,1,3,6-8H2,(H,19,20,21)/t14-/m1/s1. The number of amides is 1. The van der Waals surface area contributed by atoms with Crippen LogP contribution in [-0.2, 0) is 4.79 Å². The molecule has 2 saturated heterocycles. The Balaban J connectivity index is 1.66. The van der Waals surface area contributed by atoms with Crippen molar-refractivity contribution in [1.82, 2.24) is 19.9 Å². The number of nitriles is 1. The zero-order chi connectivity index (χ0) is 16.9. The van der Waals surface area contributed by atoms with Crippen molar-refractivity contribution in [2.75, 3.05) is 24.5 Å². The fourth-order valence-electron chi connectivity index (χ4n) is 3.70. The van der Waals surface area contributed by atoms with E-state index in [0.717, 1.165) is 10.3 Å². The van der Waals surface area contributed by atoms with Gasteiger partial charge in [-0.25, -0.2) is 18.7 Å². The van der Waals surface area contributed by atoms with Gasteiger partial charge in [-0.15, -0.1) is 0 Å². The molecule has 1 N–H and O–H groups in total. The number of nitrogens with one attached hydrogen (secondary N) is 1. The Bertz CT molecular complexity index is 859. The minimum atomic E-state index is -2.96. The number of likely N-dealkylation sites (tertiary alicyclic amines) is 1. The summed E-state index contributed by atoms with van der Waals surface area (Å²) in [5, 5.41) is 9.43. The van der Waals surface area contributed by atoms with E-state index in [2.05, 4.69) is 15.0 Å². The largest absolute Gasteiger partial charge is 0.353 e. The Labute approximate surface area is 135 Å². The summed E-state index contributed by atoms with van der Waals surface area (Å²) in [4.78, 5) is 26.2. The molecule has 7 nitrogen and oxygen atoms in total. The summed E-state index contributed by atoms with van der Waals surface area (Å²) in [6, 6.07) is 3.54. The number of hydrogen-bond donors (Lipinski definition) is 1. The summed E-state index contributed by atoms with van der Waals surface area (Å²) in [7, 11) is 0. The van der Waals surface area contributed by atoms with Crippen LogP contribution >= 0.6 is 0 Å². The maximum Gasteiger partial charge on any atom is 0.289 e. The molecule has 124 valence electrons. The van der Waals surface area contributed by atoms with Crippen molar-refractivity contribution >= 4 is 22.8 Å². The summed E-state index contributed by atoms with van der Waals surface area (Å²) < 4.78 is 28.7. The van der Waals surface area contributed by atoms with E-state index in [0.29, 0.717) is 18.0 Å². The van der Waals surface area contributed by atoms with Gasteiger partial charge >= 0.3 is 0 Å². The van der Waals surface area contributed by atoms with Crippen LogP contribution in [0.3, 0.4) is 0 Å². The fraction of sp³-hybridized carbons (Fsp3) is 0.467. The highest BCUT2D eigenvalue weighted by Gasteiger charge is 2.70. The second kappa shape index (κ2) is 4.87. The normalized spacial score (nSPS) is 25.0. The number of carbonyl (C=O) groups is 1. The van der Waals surface area contributed by atoms with Crippen molar-refractivity contribution < 1.29 is 13.6 Å². The lowest BCUT2D eigenvalue weighted by atomic mass is 9.79. The van der Waals surface area contributed by atoms with Crippen LogP contribution in [-0.4, -0.2) is 56.9 Å². The molecule has 0 unspecified atom stereocenters. The minimum Gasteiger partial charge on any atom is -0.353 e. The van der Waals surface area contributed by atoms with Gasteiger partial charge in [0.25, 0.3) is 5.92 Å². The molecule has 1 atom stereocenters. The molecule has 2 aromatic rings. The maximum absolute atomic E-state index is 14.3. The summed E-state index contributed by atoms with van der Waals surface area (Å²) in [6.45, 7) is -0.262. The van der Waals surface area contributed by atoms with Gasteiger partial charge in [0, 0.05) is 19.3 Å². The lowest BCUT2D eigenvalue weighted by Gasteiger charge is -2.55.